The van der Waals surface area contributed by atoms with Crippen LogP contribution in [0.3, 0.4) is 0 Å². The van der Waals surface area contributed by atoms with Crippen LogP contribution in [0.2, 0.25) is 0 Å². The van der Waals surface area contributed by atoms with E-state index in [1.807, 2.05) is 17.5 Å². The molecule has 5 nitrogen and oxygen atoms in total. The summed E-state index contributed by atoms with van der Waals surface area (Å²) in [7, 11) is 0. The van der Waals surface area contributed by atoms with E-state index in [1.54, 1.807) is 16.2 Å². The van der Waals surface area contributed by atoms with Gasteiger partial charge in [0, 0.05) is 18.0 Å². The van der Waals surface area contributed by atoms with Gasteiger partial charge in [0.1, 0.15) is 0 Å². The van der Waals surface area contributed by atoms with Gasteiger partial charge in [0.2, 0.25) is 0 Å². The zero-order valence-corrected chi connectivity index (χ0v) is 10.8. The monoisotopic (exact) mass is 268 g/mol. The number of hydrogen-bond acceptors (Lipinski definition) is 3. The molecule has 2 heterocycles. The second kappa shape index (κ2) is 5.86. The van der Waals surface area contributed by atoms with Crippen LogP contribution in [-0.2, 0) is 4.79 Å². The Labute approximate surface area is 109 Å². The molecule has 1 aliphatic heterocycles. The number of carbonyl (C=O) groups is 2. The molecule has 1 saturated heterocycles. The van der Waals surface area contributed by atoms with Gasteiger partial charge < -0.3 is 15.3 Å². The molecular weight excluding hydrogens is 252 g/mol. The lowest BCUT2D eigenvalue weighted by atomic mass is 10.2. The van der Waals surface area contributed by atoms with E-state index in [0.717, 1.165) is 19.4 Å². The van der Waals surface area contributed by atoms with Gasteiger partial charge in [-0.05, 0) is 24.3 Å². The maximum atomic E-state index is 12.0. The third-order valence-corrected chi connectivity index (χ3v) is 3.97. The molecule has 0 radical (unpaired) electrons. The molecule has 18 heavy (non-hydrogen) atoms. The number of carboxylic acids is 1. The SMILES string of the molecule is O=C(O)CCNC(=O)N1CCCC1c1cccs1. The molecular formula is C12H16N2O3S. The van der Waals surface area contributed by atoms with E-state index in [1.165, 1.54) is 4.88 Å². The average Bonchev–Trinajstić information content (AvgIpc) is 2.99. The third-order valence-electron chi connectivity index (χ3n) is 3.00. The van der Waals surface area contributed by atoms with Crippen molar-refractivity contribution < 1.29 is 14.7 Å². The average molecular weight is 268 g/mol. The standard InChI is InChI=1S/C12H16N2O3S/c15-11(16)5-6-13-12(17)14-7-1-3-9(14)10-4-2-8-18-10/h2,4,8-9H,1,3,5-7H2,(H,13,17)(H,15,16). The molecule has 1 atom stereocenters. The van der Waals surface area contributed by atoms with Gasteiger partial charge in [-0.2, -0.15) is 0 Å². The summed E-state index contributed by atoms with van der Waals surface area (Å²) in [5, 5.41) is 13.2. The van der Waals surface area contributed by atoms with Crippen LogP contribution in [0, 0.1) is 0 Å². The summed E-state index contributed by atoms with van der Waals surface area (Å²) < 4.78 is 0. The third kappa shape index (κ3) is 3.01. The maximum Gasteiger partial charge on any atom is 0.317 e. The predicted octanol–water partition coefficient (Wildman–Crippen LogP) is 2.07. The number of nitrogens with one attached hydrogen (secondary N) is 1. The summed E-state index contributed by atoms with van der Waals surface area (Å²) in [5.74, 6) is -0.897. The Hall–Kier alpha value is -1.56. The molecule has 0 saturated carbocycles. The van der Waals surface area contributed by atoms with E-state index in [4.69, 9.17) is 5.11 Å². The van der Waals surface area contributed by atoms with Gasteiger partial charge in [-0.15, -0.1) is 11.3 Å². The Morgan fingerprint density at radius 1 is 1.56 bits per heavy atom. The summed E-state index contributed by atoms with van der Waals surface area (Å²) in [4.78, 5) is 25.3. The van der Waals surface area contributed by atoms with Crippen molar-refractivity contribution >= 4 is 23.3 Å². The second-order valence-corrected chi connectivity index (χ2v) is 5.22. The Morgan fingerprint density at radius 3 is 3.06 bits per heavy atom. The van der Waals surface area contributed by atoms with Gasteiger partial charge in [0.05, 0.1) is 12.5 Å². The molecule has 0 aromatic carbocycles. The smallest absolute Gasteiger partial charge is 0.317 e. The Morgan fingerprint density at radius 2 is 2.39 bits per heavy atom. The fourth-order valence-corrected chi connectivity index (χ4v) is 3.04. The molecule has 2 N–H and O–H groups in total. The minimum absolute atomic E-state index is 0.0384. The molecule has 1 aromatic rings. The lowest BCUT2D eigenvalue weighted by molar-refractivity contribution is -0.136. The first-order valence-electron chi connectivity index (χ1n) is 5.98. The zero-order valence-electron chi connectivity index (χ0n) is 9.96. The quantitative estimate of drug-likeness (QED) is 0.878. The van der Waals surface area contributed by atoms with Gasteiger partial charge in [0.15, 0.2) is 0 Å². The topological polar surface area (TPSA) is 69.6 Å². The lowest BCUT2D eigenvalue weighted by Crippen LogP contribution is -2.40. The van der Waals surface area contributed by atoms with Crippen LogP contribution in [0.1, 0.15) is 30.2 Å². The minimum Gasteiger partial charge on any atom is -0.481 e. The van der Waals surface area contributed by atoms with Crippen molar-refractivity contribution in [3.8, 4) is 0 Å². The zero-order chi connectivity index (χ0) is 13.0. The first-order chi connectivity index (χ1) is 8.68. The van der Waals surface area contributed by atoms with Crippen molar-refractivity contribution in [2.75, 3.05) is 13.1 Å². The molecule has 0 aliphatic carbocycles. The van der Waals surface area contributed by atoms with Crippen molar-refractivity contribution in [2.45, 2.75) is 25.3 Å². The number of hydrogen-bond donors (Lipinski definition) is 2. The van der Waals surface area contributed by atoms with E-state index in [9.17, 15) is 9.59 Å². The summed E-state index contributed by atoms with van der Waals surface area (Å²) in [6.07, 6.45) is 1.94. The molecule has 0 bridgehead atoms. The molecule has 1 fully saturated rings. The highest BCUT2D eigenvalue weighted by Gasteiger charge is 2.30. The molecule has 1 unspecified atom stereocenters. The Balaban J connectivity index is 1.91. The van der Waals surface area contributed by atoms with Crippen LogP contribution in [0.25, 0.3) is 0 Å². The maximum absolute atomic E-state index is 12.0. The molecule has 98 valence electrons. The van der Waals surface area contributed by atoms with Gasteiger partial charge >= 0.3 is 12.0 Å². The highest BCUT2D eigenvalue weighted by molar-refractivity contribution is 7.10. The van der Waals surface area contributed by atoms with Crippen molar-refractivity contribution in [1.82, 2.24) is 10.2 Å². The van der Waals surface area contributed by atoms with Crippen molar-refractivity contribution in [3.05, 3.63) is 22.4 Å². The number of amides is 2. The van der Waals surface area contributed by atoms with E-state index in [2.05, 4.69) is 5.32 Å². The second-order valence-electron chi connectivity index (χ2n) is 4.24. The largest absolute Gasteiger partial charge is 0.481 e. The molecule has 2 rings (SSSR count). The predicted molar refractivity (Wildman–Crippen MR) is 68.7 cm³/mol. The van der Waals surface area contributed by atoms with Crippen LogP contribution in [0.15, 0.2) is 17.5 Å². The van der Waals surface area contributed by atoms with Crippen LogP contribution < -0.4 is 5.32 Å². The summed E-state index contributed by atoms with van der Waals surface area (Å²) in [6, 6.07) is 4.01. The van der Waals surface area contributed by atoms with Gasteiger partial charge in [-0.3, -0.25) is 4.79 Å². The first-order valence-corrected chi connectivity index (χ1v) is 6.86. The molecule has 1 aromatic heterocycles. The number of aliphatic carboxylic acids is 1. The summed E-state index contributed by atoms with van der Waals surface area (Å²) in [6.45, 7) is 0.920. The molecule has 2 amide bonds. The number of likely N-dealkylation sites (tertiary alicyclic amines) is 1. The molecule has 1 aliphatic rings. The minimum atomic E-state index is -0.897. The highest BCUT2D eigenvalue weighted by atomic mass is 32.1. The van der Waals surface area contributed by atoms with Crippen LogP contribution >= 0.6 is 11.3 Å². The molecule has 0 spiro atoms. The number of carboxylic acid groups (broad SMARTS) is 1. The lowest BCUT2D eigenvalue weighted by Gasteiger charge is -2.24. The Kier molecular flexibility index (Phi) is 4.19. The van der Waals surface area contributed by atoms with Crippen LogP contribution in [0.5, 0.6) is 0 Å². The van der Waals surface area contributed by atoms with Crippen molar-refractivity contribution in [2.24, 2.45) is 0 Å². The number of urea groups is 1. The normalized spacial score (nSPS) is 18.9. The van der Waals surface area contributed by atoms with Crippen molar-refractivity contribution in [1.29, 1.82) is 0 Å². The van der Waals surface area contributed by atoms with E-state index < -0.39 is 5.97 Å². The van der Waals surface area contributed by atoms with Crippen molar-refractivity contribution in [3.63, 3.8) is 0 Å². The van der Waals surface area contributed by atoms with E-state index in [0.29, 0.717) is 0 Å². The van der Waals surface area contributed by atoms with Gasteiger partial charge in [0.25, 0.3) is 0 Å². The fraction of sp³-hybridized carbons (Fsp3) is 0.500. The summed E-state index contributed by atoms with van der Waals surface area (Å²) >= 11 is 1.65. The number of thiophene rings is 1. The van der Waals surface area contributed by atoms with Gasteiger partial charge in [-0.25, -0.2) is 4.79 Å². The number of nitrogens with zero attached hydrogens (tertiary/aromatic N) is 1. The first kappa shape index (κ1) is 12.9. The van der Waals surface area contributed by atoms with Crippen LogP contribution in [0.4, 0.5) is 4.79 Å². The molecule has 6 heteroatoms. The van der Waals surface area contributed by atoms with E-state index >= 15 is 0 Å². The van der Waals surface area contributed by atoms with Gasteiger partial charge in [-0.1, -0.05) is 6.07 Å². The highest BCUT2D eigenvalue weighted by Crippen LogP contribution is 2.34. The van der Waals surface area contributed by atoms with Crippen LogP contribution in [-0.4, -0.2) is 35.1 Å². The summed E-state index contributed by atoms with van der Waals surface area (Å²) in [5.41, 5.74) is 0. The number of rotatable bonds is 4. The van der Waals surface area contributed by atoms with E-state index in [-0.39, 0.29) is 25.0 Å². The Bertz CT molecular complexity index is 419. The fourth-order valence-electron chi connectivity index (χ4n) is 2.16. The number of carbonyl (C=O) groups excluding carboxylic acids is 1.